The highest BCUT2D eigenvalue weighted by Gasteiger charge is 2.50. The number of barbiturate groups is 1. The van der Waals surface area contributed by atoms with Crippen molar-refractivity contribution in [1.82, 2.24) is 15.5 Å². The van der Waals surface area contributed by atoms with Gasteiger partial charge in [-0.15, -0.1) is 0 Å². The first-order chi connectivity index (χ1) is 17.0. The van der Waals surface area contributed by atoms with Crippen LogP contribution in [-0.4, -0.2) is 35.8 Å². The van der Waals surface area contributed by atoms with Gasteiger partial charge in [0.05, 0.1) is 0 Å². The molecule has 6 nitrogen and oxygen atoms in total. The summed E-state index contributed by atoms with van der Waals surface area (Å²) < 4.78 is 0. The van der Waals surface area contributed by atoms with Gasteiger partial charge in [0.1, 0.15) is 0 Å². The fourth-order valence-electron chi connectivity index (χ4n) is 6.06. The molecule has 35 heavy (non-hydrogen) atoms. The first-order valence-electron chi connectivity index (χ1n) is 13.1. The summed E-state index contributed by atoms with van der Waals surface area (Å²) in [5, 5.41) is 4.28. The van der Waals surface area contributed by atoms with E-state index in [-0.39, 0.29) is 0 Å². The molecular formula is C29H37N3O3. The van der Waals surface area contributed by atoms with E-state index < -0.39 is 23.3 Å². The molecule has 2 heterocycles. The number of nitrogens with one attached hydrogen (secondary N) is 2. The van der Waals surface area contributed by atoms with Crippen molar-refractivity contribution in [3.8, 4) is 0 Å². The van der Waals surface area contributed by atoms with E-state index in [9.17, 15) is 14.4 Å². The molecule has 2 aliphatic heterocycles. The van der Waals surface area contributed by atoms with Gasteiger partial charge in [-0.1, -0.05) is 93.3 Å². The number of rotatable bonds is 4. The largest absolute Gasteiger partial charge is 0.328 e. The molecule has 6 heteroatoms. The van der Waals surface area contributed by atoms with Crippen LogP contribution in [0.15, 0.2) is 60.7 Å². The second-order valence-electron chi connectivity index (χ2n) is 9.87. The van der Waals surface area contributed by atoms with Crippen LogP contribution in [0.5, 0.6) is 0 Å². The number of hydrogen-bond acceptors (Lipinski definition) is 4. The molecule has 0 spiro atoms. The Kier molecular flexibility index (Phi) is 8.01. The third-order valence-corrected chi connectivity index (χ3v) is 7.98. The lowest BCUT2D eigenvalue weighted by molar-refractivity contribution is -0.138. The number of carbonyl (C=O) groups is 3. The van der Waals surface area contributed by atoms with Gasteiger partial charge in [-0.05, 0) is 56.3 Å². The van der Waals surface area contributed by atoms with Crippen LogP contribution in [0.25, 0.3) is 0 Å². The van der Waals surface area contributed by atoms with Crippen molar-refractivity contribution in [3.63, 3.8) is 0 Å². The molecule has 0 radical (unpaired) electrons. The van der Waals surface area contributed by atoms with Crippen LogP contribution < -0.4 is 10.6 Å². The van der Waals surface area contributed by atoms with Crippen molar-refractivity contribution < 1.29 is 14.4 Å². The van der Waals surface area contributed by atoms with Gasteiger partial charge >= 0.3 is 6.03 Å². The maximum atomic E-state index is 12.0. The predicted molar refractivity (Wildman–Crippen MR) is 137 cm³/mol. The standard InChI is InChI=1S/C17H25N.C12H12N2O3/c1-4-10-16(11-5-1)17(12-6-2-7-13-17)18-14-8-3-9-15-18;1-2-12(8-6-4-3-5-7-8)9(15)13-11(17)14-10(12)16/h1,4-5,10-11H,2-3,6-9,12-15H2;3-7H,2H2,1H3,(H2,13,14,15,16,17). The van der Waals surface area contributed by atoms with Gasteiger partial charge in [0, 0.05) is 5.54 Å². The molecule has 2 saturated heterocycles. The first-order valence-corrected chi connectivity index (χ1v) is 13.1. The van der Waals surface area contributed by atoms with Gasteiger partial charge < -0.3 is 0 Å². The molecule has 0 unspecified atom stereocenters. The van der Waals surface area contributed by atoms with E-state index >= 15 is 0 Å². The van der Waals surface area contributed by atoms with Crippen LogP contribution >= 0.6 is 0 Å². The number of urea groups is 1. The van der Waals surface area contributed by atoms with Gasteiger partial charge in [-0.2, -0.15) is 0 Å². The maximum absolute atomic E-state index is 12.0. The lowest BCUT2D eigenvalue weighted by Crippen LogP contribution is -2.64. The molecule has 1 aliphatic carbocycles. The minimum absolute atomic E-state index is 0.294. The Morgan fingerprint density at radius 2 is 1.17 bits per heavy atom. The predicted octanol–water partition coefficient (Wildman–Crippen LogP) is 5.03. The maximum Gasteiger partial charge on any atom is 0.328 e. The minimum Gasteiger partial charge on any atom is -0.294 e. The summed E-state index contributed by atoms with van der Waals surface area (Å²) >= 11 is 0. The molecule has 186 valence electrons. The SMILES string of the molecule is CCC1(c2ccccc2)C(=O)NC(=O)NC1=O.c1ccc(C2(N3CCCCC3)CCCCC2)cc1. The number of amides is 4. The van der Waals surface area contributed by atoms with Gasteiger partial charge in [0.2, 0.25) is 11.8 Å². The summed E-state index contributed by atoms with van der Waals surface area (Å²) in [7, 11) is 0. The van der Waals surface area contributed by atoms with Crippen molar-refractivity contribution in [2.45, 2.75) is 75.7 Å². The quantitative estimate of drug-likeness (QED) is 0.608. The molecule has 1 saturated carbocycles. The highest BCUT2D eigenvalue weighted by Crippen LogP contribution is 2.43. The fourth-order valence-corrected chi connectivity index (χ4v) is 6.06. The molecule has 5 rings (SSSR count). The third-order valence-electron chi connectivity index (χ3n) is 7.98. The van der Waals surface area contributed by atoms with E-state index in [0.29, 0.717) is 17.5 Å². The Morgan fingerprint density at radius 1 is 0.686 bits per heavy atom. The van der Waals surface area contributed by atoms with E-state index in [1.807, 2.05) is 0 Å². The lowest BCUT2D eigenvalue weighted by atomic mass is 9.74. The number of hydrogen-bond donors (Lipinski definition) is 2. The number of benzene rings is 2. The smallest absolute Gasteiger partial charge is 0.294 e. The monoisotopic (exact) mass is 475 g/mol. The zero-order valence-electron chi connectivity index (χ0n) is 20.7. The Balaban J connectivity index is 0.000000165. The van der Waals surface area contributed by atoms with Gasteiger partial charge in [0.25, 0.3) is 0 Å². The number of imide groups is 2. The van der Waals surface area contributed by atoms with Crippen LogP contribution in [0.2, 0.25) is 0 Å². The second kappa shape index (κ2) is 11.2. The second-order valence-corrected chi connectivity index (χ2v) is 9.87. The zero-order chi connectivity index (χ0) is 24.7. The minimum atomic E-state index is -1.31. The zero-order valence-corrected chi connectivity index (χ0v) is 20.7. The van der Waals surface area contributed by atoms with Gasteiger partial charge in [0.15, 0.2) is 5.41 Å². The molecule has 2 aromatic carbocycles. The average molecular weight is 476 g/mol. The summed E-state index contributed by atoms with van der Waals surface area (Å²) in [5.74, 6) is -1.14. The average Bonchev–Trinajstić information content (AvgIpc) is 2.91. The Bertz CT molecular complexity index is 990. The van der Waals surface area contributed by atoms with E-state index in [2.05, 4.69) is 45.9 Å². The van der Waals surface area contributed by atoms with Crippen molar-refractivity contribution in [2.24, 2.45) is 0 Å². The van der Waals surface area contributed by atoms with E-state index in [4.69, 9.17) is 0 Å². The lowest BCUT2D eigenvalue weighted by Gasteiger charge is -2.48. The van der Waals surface area contributed by atoms with Gasteiger partial charge in [-0.25, -0.2) is 4.79 Å². The van der Waals surface area contributed by atoms with Crippen molar-refractivity contribution in [2.75, 3.05) is 13.1 Å². The van der Waals surface area contributed by atoms with Gasteiger partial charge in [-0.3, -0.25) is 25.1 Å². The molecule has 2 aromatic rings. The Morgan fingerprint density at radius 3 is 1.69 bits per heavy atom. The molecule has 2 N–H and O–H groups in total. The molecule has 4 amide bonds. The summed E-state index contributed by atoms with van der Waals surface area (Å²) in [5.41, 5.74) is 1.23. The number of piperidine rings is 1. The van der Waals surface area contributed by atoms with E-state index in [0.717, 1.165) is 0 Å². The topological polar surface area (TPSA) is 78.5 Å². The van der Waals surface area contributed by atoms with Crippen LogP contribution in [-0.2, 0) is 20.5 Å². The normalized spacial score (nSPS) is 21.8. The van der Waals surface area contributed by atoms with Crippen LogP contribution in [0, 0.1) is 0 Å². The molecule has 0 bridgehead atoms. The number of carbonyl (C=O) groups excluding carboxylic acids is 3. The summed E-state index contributed by atoms with van der Waals surface area (Å²) in [6.45, 7) is 4.37. The van der Waals surface area contributed by atoms with E-state index in [1.54, 1.807) is 42.8 Å². The summed E-state index contributed by atoms with van der Waals surface area (Å²) in [6, 6.07) is 19.3. The van der Waals surface area contributed by atoms with Crippen LogP contribution in [0.4, 0.5) is 4.79 Å². The fraction of sp³-hybridized carbons (Fsp3) is 0.483. The molecular weight excluding hydrogens is 438 g/mol. The Hall–Kier alpha value is -2.99. The summed E-state index contributed by atoms with van der Waals surface area (Å²) in [4.78, 5) is 37.8. The molecule has 0 aromatic heterocycles. The highest BCUT2D eigenvalue weighted by atomic mass is 16.2. The van der Waals surface area contributed by atoms with Crippen LogP contribution in [0.3, 0.4) is 0 Å². The third kappa shape index (κ3) is 5.03. The van der Waals surface area contributed by atoms with E-state index in [1.165, 1.54) is 64.5 Å². The molecule has 3 fully saturated rings. The molecule has 0 atom stereocenters. The first kappa shape index (κ1) is 25.1. The Labute approximate surface area is 208 Å². The number of nitrogens with zero attached hydrogens (tertiary/aromatic N) is 1. The van der Waals surface area contributed by atoms with Crippen molar-refractivity contribution in [3.05, 3.63) is 71.8 Å². The summed E-state index contributed by atoms with van der Waals surface area (Å²) in [6.07, 6.45) is 11.5. The van der Waals surface area contributed by atoms with Crippen molar-refractivity contribution >= 4 is 17.8 Å². The molecule has 3 aliphatic rings. The number of likely N-dealkylation sites (tertiary alicyclic amines) is 1. The van der Waals surface area contributed by atoms with Crippen molar-refractivity contribution in [1.29, 1.82) is 0 Å². The highest BCUT2D eigenvalue weighted by molar-refractivity contribution is 6.22. The van der Waals surface area contributed by atoms with Crippen LogP contribution in [0.1, 0.15) is 75.8 Å².